The summed E-state index contributed by atoms with van der Waals surface area (Å²) in [4.78, 5) is 12.3. The molecule has 0 fully saturated rings. The summed E-state index contributed by atoms with van der Waals surface area (Å²) in [5.41, 5.74) is 1.66. The van der Waals surface area contributed by atoms with E-state index in [0.29, 0.717) is 23.6 Å². The molecule has 0 aliphatic carbocycles. The van der Waals surface area contributed by atoms with Crippen molar-refractivity contribution in [1.29, 1.82) is 0 Å². The number of hydrogen-bond acceptors (Lipinski definition) is 3. The molecule has 1 rings (SSSR count). The minimum atomic E-state index is -0.388. The SMILES string of the molecule is CCc1nnc(C)cc1C(=O)NC(C)(CC)CCl. The first kappa shape index (κ1) is 14.9. The number of hydrogen-bond donors (Lipinski definition) is 1. The van der Waals surface area contributed by atoms with E-state index >= 15 is 0 Å². The zero-order valence-electron chi connectivity index (χ0n) is 11.4. The second-order valence-corrected chi connectivity index (χ2v) is 4.97. The Kier molecular flexibility index (Phi) is 5.08. The first-order valence-corrected chi connectivity index (χ1v) is 6.71. The summed E-state index contributed by atoms with van der Waals surface area (Å²) in [6.07, 6.45) is 1.46. The van der Waals surface area contributed by atoms with Gasteiger partial charge >= 0.3 is 0 Å². The van der Waals surface area contributed by atoms with Gasteiger partial charge in [-0.05, 0) is 32.8 Å². The summed E-state index contributed by atoms with van der Waals surface area (Å²) in [5, 5.41) is 11.0. The van der Waals surface area contributed by atoms with E-state index in [0.717, 1.165) is 12.1 Å². The average Bonchev–Trinajstić information content (AvgIpc) is 2.38. The van der Waals surface area contributed by atoms with Crippen LogP contribution >= 0.6 is 11.6 Å². The maximum atomic E-state index is 12.3. The molecule has 4 nitrogen and oxygen atoms in total. The van der Waals surface area contributed by atoms with Crippen molar-refractivity contribution in [3.63, 3.8) is 0 Å². The number of carbonyl (C=O) groups excluding carboxylic acids is 1. The molecule has 0 spiro atoms. The predicted octanol–water partition coefficient (Wildman–Crippen LogP) is 2.48. The molecule has 1 unspecified atom stereocenters. The third-order valence-electron chi connectivity index (χ3n) is 3.06. The van der Waals surface area contributed by atoms with Crippen molar-refractivity contribution < 1.29 is 4.79 Å². The Balaban J connectivity index is 3.00. The molecule has 1 atom stereocenters. The molecule has 0 aromatic carbocycles. The number of nitrogens with one attached hydrogen (secondary N) is 1. The molecule has 5 heteroatoms. The van der Waals surface area contributed by atoms with E-state index in [9.17, 15) is 4.79 Å². The summed E-state index contributed by atoms with van der Waals surface area (Å²) >= 11 is 5.90. The summed E-state index contributed by atoms with van der Waals surface area (Å²) < 4.78 is 0. The molecular formula is C13H20ClN3O. The number of alkyl halides is 1. The molecule has 100 valence electrons. The first-order valence-electron chi connectivity index (χ1n) is 6.17. The Morgan fingerprint density at radius 1 is 1.44 bits per heavy atom. The van der Waals surface area contributed by atoms with Gasteiger partial charge < -0.3 is 5.32 Å². The van der Waals surface area contributed by atoms with Gasteiger partial charge in [0.05, 0.1) is 22.5 Å². The lowest BCUT2D eigenvalue weighted by Gasteiger charge is -2.27. The monoisotopic (exact) mass is 269 g/mol. The lowest BCUT2D eigenvalue weighted by molar-refractivity contribution is 0.0910. The highest BCUT2D eigenvalue weighted by Gasteiger charge is 2.25. The predicted molar refractivity (Wildman–Crippen MR) is 73.0 cm³/mol. The third-order valence-corrected chi connectivity index (χ3v) is 3.65. The zero-order valence-corrected chi connectivity index (χ0v) is 12.1. The summed E-state index contributed by atoms with van der Waals surface area (Å²) in [6, 6.07) is 1.77. The Labute approximate surface area is 113 Å². The van der Waals surface area contributed by atoms with Crippen LogP contribution in [0.2, 0.25) is 0 Å². The van der Waals surface area contributed by atoms with E-state index in [1.165, 1.54) is 0 Å². The Hall–Kier alpha value is -1.16. The lowest BCUT2D eigenvalue weighted by Crippen LogP contribution is -2.47. The second kappa shape index (κ2) is 6.14. The smallest absolute Gasteiger partial charge is 0.253 e. The number of halogens is 1. The molecule has 1 aromatic rings. The van der Waals surface area contributed by atoms with E-state index in [-0.39, 0.29) is 11.4 Å². The van der Waals surface area contributed by atoms with Crippen molar-refractivity contribution >= 4 is 17.5 Å². The van der Waals surface area contributed by atoms with Gasteiger partial charge in [-0.15, -0.1) is 11.6 Å². The summed E-state index contributed by atoms with van der Waals surface area (Å²) in [6.45, 7) is 7.71. The van der Waals surface area contributed by atoms with Gasteiger partial charge in [0.2, 0.25) is 0 Å². The highest BCUT2D eigenvalue weighted by Crippen LogP contribution is 2.14. The van der Waals surface area contributed by atoms with Gasteiger partial charge in [-0.25, -0.2) is 0 Å². The summed E-state index contributed by atoms with van der Waals surface area (Å²) in [5.74, 6) is 0.253. The van der Waals surface area contributed by atoms with Crippen LogP contribution in [0.5, 0.6) is 0 Å². The number of nitrogens with zero attached hydrogens (tertiary/aromatic N) is 2. The van der Waals surface area contributed by atoms with Gasteiger partial charge in [-0.1, -0.05) is 13.8 Å². The third kappa shape index (κ3) is 3.42. The van der Waals surface area contributed by atoms with Crippen molar-refractivity contribution in [2.24, 2.45) is 0 Å². The van der Waals surface area contributed by atoms with Crippen molar-refractivity contribution in [3.05, 3.63) is 23.0 Å². The molecular weight excluding hydrogens is 250 g/mol. The highest BCUT2D eigenvalue weighted by atomic mass is 35.5. The van der Waals surface area contributed by atoms with E-state index in [1.54, 1.807) is 6.07 Å². The van der Waals surface area contributed by atoms with Gasteiger partial charge in [0, 0.05) is 5.88 Å². The van der Waals surface area contributed by atoms with Crippen LogP contribution in [-0.4, -0.2) is 27.5 Å². The maximum absolute atomic E-state index is 12.3. The van der Waals surface area contributed by atoms with E-state index in [1.807, 2.05) is 27.7 Å². The minimum Gasteiger partial charge on any atom is -0.346 e. The van der Waals surface area contributed by atoms with Gasteiger partial charge in [-0.2, -0.15) is 10.2 Å². The molecule has 1 aromatic heterocycles. The number of rotatable bonds is 5. The van der Waals surface area contributed by atoms with Crippen LogP contribution in [0.25, 0.3) is 0 Å². The van der Waals surface area contributed by atoms with Crippen LogP contribution in [0.4, 0.5) is 0 Å². The summed E-state index contributed by atoms with van der Waals surface area (Å²) in [7, 11) is 0. The lowest BCUT2D eigenvalue weighted by atomic mass is 10.0. The van der Waals surface area contributed by atoms with Gasteiger partial charge in [0.1, 0.15) is 0 Å². The maximum Gasteiger partial charge on any atom is 0.253 e. The molecule has 0 saturated carbocycles. The standard InChI is InChI=1S/C13H20ClN3O/c1-5-11-10(7-9(3)16-17-11)12(18)15-13(4,6-2)8-14/h7H,5-6,8H2,1-4H3,(H,15,18). The van der Waals surface area contributed by atoms with Crippen LogP contribution in [0.15, 0.2) is 6.07 Å². The van der Waals surface area contributed by atoms with Crippen molar-refractivity contribution in [2.75, 3.05) is 5.88 Å². The second-order valence-electron chi connectivity index (χ2n) is 4.70. The number of amides is 1. The topological polar surface area (TPSA) is 54.9 Å². The highest BCUT2D eigenvalue weighted by molar-refractivity contribution is 6.18. The molecule has 0 saturated heterocycles. The van der Waals surface area contributed by atoms with E-state index < -0.39 is 0 Å². The fourth-order valence-corrected chi connectivity index (χ4v) is 1.79. The van der Waals surface area contributed by atoms with Crippen molar-refractivity contribution in [3.8, 4) is 0 Å². The zero-order chi connectivity index (χ0) is 13.8. The molecule has 18 heavy (non-hydrogen) atoms. The molecule has 1 heterocycles. The van der Waals surface area contributed by atoms with E-state index in [2.05, 4.69) is 15.5 Å². The number of aromatic nitrogens is 2. The van der Waals surface area contributed by atoms with Crippen LogP contribution in [0, 0.1) is 6.92 Å². The van der Waals surface area contributed by atoms with Crippen molar-refractivity contribution in [1.82, 2.24) is 15.5 Å². The molecule has 0 radical (unpaired) electrons. The quantitative estimate of drug-likeness (QED) is 0.836. The van der Waals surface area contributed by atoms with Crippen LogP contribution in [-0.2, 0) is 6.42 Å². The Bertz CT molecular complexity index is 430. The van der Waals surface area contributed by atoms with Crippen LogP contribution in [0.3, 0.4) is 0 Å². The largest absolute Gasteiger partial charge is 0.346 e. The molecule has 1 N–H and O–H groups in total. The van der Waals surface area contributed by atoms with Crippen LogP contribution in [0.1, 0.15) is 48.9 Å². The molecule has 0 aliphatic heterocycles. The van der Waals surface area contributed by atoms with Gasteiger partial charge in [-0.3, -0.25) is 4.79 Å². The number of carbonyl (C=O) groups is 1. The molecule has 1 amide bonds. The van der Waals surface area contributed by atoms with E-state index in [4.69, 9.17) is 11.6 Å². The van der Waals surface area contributed by atoms with Crippen LogP contribution < -0.4 is 5.32 Å². The molecule has 0 aliphatic rings. The molecule has 0 bridgehead atoms. The Morgan fingerprint density at radius 2 is 2.11 bits per heavy atom. The first-order chi connectivity index (χ1) is 8.45. The fraction of sp³-hybridized carbons (Fsp3) is 0.615. The Morgan fingerprint density at radius 3 is 2.61 bits per heavy atom. The normalized spacial score (nSPS) is 14.1. The minimum absolute atomic E-state index is 0.130. The number of aryl methyl sites for hydroxylation is 2. The fourth-order valence-electron chi connectivity index (χ4n) is 1.53. The van der Waals surface area contributed by atoms with Gasteiger partial charge in [0.25, 0.3) is 5.91 Å². The average molecular weight is 270 g/mol. The van der Waals surface area contributed by atoms with Gasteiger partial charge in [0.15, 0.2) is 0 Å². The van der Waals surface area contributed by atoms with Crippen molar-refractivity contribution in [2.45, 2.75) is 46.1 Å².